The average Bonchev–Trinajstić information content (AvgIpc) is 2.56. The third kappa shape index (κ3) is 3.81. The Labute approximate surface area is 164 Å². The SMILES string of the molecule is COC1(Cl)C=CC(Oc2ccc(C(F)(F)F)cc2Cl)=CC1(C(=O)O)C(C)C. The summed E-state index contributed by atoms with van der Waals surface area (Å²) in [6.45, 7) is 3.31. The molecule has 1 aromatic carbocycles. The van der Waals surface area contributed by atoms with Gasteiger partial charge >= 0.3 is 12.1 Å². The molecule has 9 heteroatoms. The number of carboxylic acids is 1. The fourth-order valence-electron chi connectivity index (χ4n) is 2.90. The second kappa shape index (κ2) is 7.37. The van der Waals surface area contributed by atoms with Crippen LogP contribution in [0.5, 0.6) is 5.75 Å². The van der Waals surface area contributed by atoms with Gasteiger partial charge in [-0.3, -0.25) is 4.79 Å². The third-order valence-electron chi connectivity index (χ3n) is 4.44. The van der Waals surface area contributed by atoms with Crippen molar-refractivity contribution in [2.45, 2.75) is 25.1 Å². The van der Waals surface area contributed by atoms with Crippen molar-refractivity contribution < 1.29 is 32.5 Å². The molecule has 0 aliphatic heterocycles. The zero-order valence-corrected chi connectivity index (χ0v) is 16.1. The Morgan fingerprint density at radius 1 is 1.30 bits per heavy atom. The monoisotopic (exact) mass is 424 g/mol. The van der Waals surface area contributed by atoms with E-state index in [-0.39, 0.29) is 16.5 Å². The molecule has 1 aliphatic rings. The lowest BCUT2D eigenvalue weighted by atomic mass is 9.69. The number of allylic oxidation sites excluding steroid dienone is 1. The van der Waals surface area contributed by atoms with E-state index >= 15 is 0 Å². The molecule has 0 fully saturated rings. The Kier molecular flexibility index (Phi) is 5.90. The first-order valence-corrected chi connectivity index (χ1v) is 8.57. The van der Waals surface area contributed by atoms with Crippen LogP contribution in [0.15, 0.2) is 42.2 Å². The van der Waals surface area contributed by atoms with Gasteiger partial charge in [-0.05, 0) is 42.3 Å². The minimum atomic E-state index is -4.54. The van der Waals surface area contributed by atoms with E-state index < -0.39 is 34.1 Å². The van der Waals surface area contributed by atoms with Crippen molar-refractivity contribution >= 4 is 29.2 Å². The standard InChI is InChI=1S/C18H17Cl2F3O4/c1-10(2)16(15(24)25)9-12(6-7-17(16,20)26-3)27-14-5-4-11(8-13(14)19)18(21,22)23/h4-10H,1-3H3,(H,24,25). The van der Waals surface area contributed by atoms with Gasteiger partial charge in [0.25, 0.3) is 0 Å². The Balaban J connectivity index is 2.46. The number of aliphatic carboxylic acids is 1. The van der Waals surface area contributed by atoms with Gasteiger partial charge in [-0.15, -0.1) is 0 Å². The van der Waals surface area contributed by atoms with E-state index in [9.17, 15) is 23.1 Å². The number of halogens is 5. The summed E-state index contributed by atoms with van der Waals surface area (Å²) >= 11 is 12.3. The first-order valence-electron chi connectivity index (χ1n) is 7.81. The quantitative estimate of drug-likeness (QED) is 0.633. The van der Waals surface area contributed by atoms with Gasteiger partial charge in [0.05, 0.1) is 10.6 Å². The highest BCUT2D eigenvalue weighted by atomic mass is 35.5. The lowest BCUT2D eigenvalue weighted by molar-refractivity contribution is -0.158. The number of carbonyl (C=O) groups is 1. The number of benzene rings is 1. The molecule has 1 aliphatic carbocycles. The van der Waals surface area contributed by atoms with Crippen LogP contribution in [0, 0.1) is 11.3 Å². The van der Waals surface area contributed by atoms with Crippen LogP contribution in [-0.2, 0) is 15.7 Å². The fraction of sp³-hybridized carbons (Fsp3) is 0.389. The van der Waals surface area contributed by atoms with E-state index in [4.69, 9.17) is 32.7 Å². The smallest absolute Gasteiger partial charge is 0.416 e. The van der Waals surface area contributed by atoms with Crippen LogP contribution in [0.25, 0.3) is 0 Å². The van der Waals surface area contributed by atoms with Crippen molar-refractivity contribution in [1.29, 1.82) is 0 Å². The summed E-state index contributed by atoms with van der Waals surface area (Å²) in [5.74, 6) is -1.72. The van der Waals surface area contributed by atoms with E-state index in [1.54, 1.807) is 13.8 Å². The van der Waals surface area contributed by atoms with Gasteiger partial charge < -0.3 is 14.6 Å². The minimum absolute atomic E-state index is 0.0527. The van der Waals surface area contributed by atoms with E-state index in [2.05, 4.69) is 0 Å². The molecule has 148 valence electrons. The normalized spacial score (nSPS) is 25.4. The Morgan fingerprint density at radius 2 is 1.93 bits per heavy atom. The van der Waals surface area contributed by atoms with Crippen molar-refractivity contribution in [2.24, 2.45) is 11.3 Å². The Hall–Kier alpha value is -1.70. The van der Waals surface area contributed by atoms with Gasteiger partial charge in [-0.1, -0.05) is 37.0 Å². The minimum Gasteiger partial charge on any atom is -0.480 e. The van der Waals surface area contributed by atoms with Crippen molar-refractivity contribution in [1.82, 2.24) is 0 Å². The number of hydrogen-bond donors (Lipinski definition) is 1. The van der Waals surface area contributed by atoms with E-state index in [1.165, 1.54) is 25.3 Å². The molecule has 1 aromatic rings. The van der Waals surface area contributed by atoms with Crippen LogP contribution in [0.2, 0.25) is 5.02 Å². The summed E-state index contributed by atoms with van der Waals surface area (Å²) in [7, 11) is 1.28. The van der Waals surface area contributed by atoms with Crippen LogP contribution in [-0.4, -0.2) is 23.2 Å². The number of alkyl halides is 4. The second-order valence-electron chi connectivity index (χ2n) is 6.30. The second-order valence-corrected chi connectivity index (χ2v) is 7.27. The van der Waals surface area contributed by atoms with Gasteiger partial charge in [0.2, 0.25) is 0 Å². The molecule has 0 saturated carbocycles. The topological polar surface area (TPSA) is 55.8 Å². The zero-order valence-electron chi connectivity index (χ0n) is 14.6. The van der Waals surface area contributed by atoms with Crippen LogP contribution in [0.3, 0.4) is 0 Å². The molecule has 2 rings (SSSR count). The van der Waals surface area contributed by atoms with Crippen LogP contribution in [0.4, 0.5) is 13.2 Å². The molecule has 2 atom stereocenters. The highest BCUT2D eigenvalue weighted by Gasteiger charge is 2.58. The molecule has 0 radical (unpaired) electrons. The van der Waals surface area contributed by atoms with E-state index in [1.807, 2.05) is 0 Å². The van der Waals surface area contributed by atoms with Crippen LogP contribution < -0.4 is 4.74 Å². The highest BCUT2D eigenvalue weighted by Crippen LogP contribution is 2.50. The molecule has 1 N–H and O–H groups in total. The molecule has 0 heterocycles. The van der Waals surface area contributed by atoms with Gasteiger partial charge in [0, 0.05) is 7.11 Å². The molecule has 4 nitrogen and oxygen atoms in total. The zero-order chi connectivity index (χ0) is 20.6. The molecule has 27 heavy (non-hydrogen) atoms. The summed E-state index contributed by atoms with van der Waals surface area (Å²) in [6.07, 6.45) is -0.548. The summed E-state index contributed by atoms with van der Waals surface area (Å²) in [6, 6.07) is 2.62. The molecule has 0 bridgehead atoms. The average molecular weight is 425 g/mol. The predicted octanol–water partition coefficient (Wildman–Crippen LogP) is 5.50. The van der Waals surface area contributed by atoms with Gasteiger partial charge in [0.15, 0.2) is 5.06 Å². The molecular weight excluding hydrogens is 408 g/mol. The molecule has 0 saturated heterocycles. The largest absolute Gasteiger partial charge is 0.480 e. The number of carboxylic acid groups (broad SMARTS) is 1. The fourth-order valence-corrected chi connectivity index (χ4v) is 3.54. The summed E-state index contributed by atoms with van der Waals surface area (Å²) < 4.78 is 49.0. The molecule has 0 spiro atoms. The van der Waals surface area contributed by atoms with Crippen LogP contribution in [0.1, 0.15) is 19.4 Å². The number of hydrogen-bond acceptors (Lipinski definition) is 3. The predicted molar refractivity (Wildman–Crippen MR) is 94.8 cm³/mol. The Bertz CT molecular complexity index is 804. The molecule has 0 aromatic heterocycles. The summed E-state index contributed by atoms with van der Waals surface area (Å²) in [4.78, 5) is 12.1. The van der Waals surface area contributed by atoms with Gasteiger partial charge in [-0.25, -0.2) is 0 Å². The molecule has 2 unspecified atom stereocenters. The van der Waals surface area contributed by atoms with E-state index in [0.29, 0.717) is 0 Å². The number of ether oxygens (including phenoxy) is 2. The van der Waals surface area contributed by atoms with Crippen molar-refractivity contribution in [2.75, 3.05) is 7.11 Å². The lowest BCUT2D eigenvalue weighted by Crippen LogP contribution is -2.53. The van der Waals surface area contributed by atoms with Gasteiger partial charge in [-0.2, -0.15) is 13.2 Å². The van der Waals surface area contributed by atoms with Crippen molar-refractivity contribution in [3.63, 3.8) is 0 Å². The summed E-state index contributed by atoms with van der Waals surface area (Å²) in [5.41, 5.74) is -2.60. The van der Waals surface area contributed by atoms with Gasteiger partial charge in [0.1, 0.15) is 16.9 Å². The number of rotatable bonds is 5. The number of methoxy groups -OCH3 is 1. The van der Waals surface area contributed by atoms with Crippen LogP contribution >= 0.6 is 23.2 Å². The first kappa shape index (κ1) is 21.6. The maximum Gasteiger partial charge on any atom is 0.416 e. The lowest BCUT2D eigenvalue weighted by Gasteiger charge is -2.43. The maximum atomic E-state index is 12.7. The summed E-state index contributed by atoms with van der Waals surface area (Å²) in [5, 5.41) is 7.91. The van der Waals surface area contributed by atoms with E-state index in [0.717, 1.165) is 18.2 Å². The Morgan fingerprint density at radius 3 is 2.37 bits per heavy atom. The van der Waals surface area contributed by atoms with Crippen molar-refractivity contribution in [3.05, 3.63) is 52.8 Å². The first-order chi connectivity index (χ1) is 12.4. The maximum absolute atomic E-state index is 12.7. The highest BCUT2D eigenvalue weighted by molar-refractivity contribution is 6.32. The molecule has 0 amide bonds. The van der Waals surface area contributed by atoms with Crippen molar-refractivity contribution in [3.8, 4) is 5.75 Å². The third-order valence-corrected chi connectivity index (χ3v) is 5.33. The molecular formula is C18H17Cl2F3O4.